The highest BCUT2D eigenvalue weighted by molar-refractivity contribution is 5.67. The minimum Gasteiger partial charge on any atom is -0.397 e. The summed E-state index contributed by atoms with van der Waals surface area (Å²) >= 11 is 0. The number of pyridine rings is 1. The maximum atomic E-state index is 13.2. The van der Waals surface area contributed by atoms with Crippen LogP contribution in [0.15, 0.2) is 42.7 Å². The molecular formula is C14H16FN3. The van der Waals surface area contributed by atoms with Crippen molar-refractivity contribution in [1.29, 1.82) is 0 Å². The Morgan fingerprint density at radius 3 is 2.89 bits per heavy atom. The molecule has 18 heavy (non-hydrogen) atoms. The van der Waals surface area contributed by atoms with Crippen LogP contribution in [0.25, 0.3) is 0 Å². The number of halogens is 1. The molecule has 0 unspecified atom stereocenters. The summed E-state index contributed by atoms with van der Waals surface area (Å²) < 4.78 is 13.2. The van der Waals surface area contributed by atoms with Gasteiger partial charge in [-0.2, -0.15) is 0 Å². The molecule has 1 aromatic carbocycles. The third-order valence-electron chi connectivity index (χ3n) is 2.86. The fourth-order valence-electron chi connectivity index (χ4n) is 1.81. The molecule has 0 atom stereocenters. The average Bonchev–Trinajstić information content (AvgIpc) is 2.40. The molecule has 0 spiro atoms. The molecule has 0 aliphatic heterocycles. The summed E-state index contributed by atoms with van der Waals surface area (Å²) in [5.74, 6) is -0.271. The normalized spacial score (nSPS) is 10.3. The van der Waals surface area contributed by atoms with Gasteiger partial charge in [-0.05, 0) is 36.2 Å². The molecule has 0 saturated heterocycles. The van der Waals surface area contributed by atoms with Crippen LogP contribution in [0.1, 0.15) is 5.56 Å². The fraction of sp³-hybridized carbons (Fsp3) is 0.214. The summed E-state index contributed by atoms with van der Waals surface area (Å²) in [6.45, 7) is 0.763. The van der Waals surface area contributed by atoms with Gasteiger partial charge in [-0.25, -0.2) is 4.39 Å². The van der Waals surface area contributed by atoms with Crippen molar-refractivity contribution < 1.29 is 4.39 Å². The smallest absolute Gasteiger partial charge is 0.125 e. The monoisotopic (exact) mass is 245 g/mol. The molecule has 0 amide bonds. The van der Waals surface area contributed by atoms with E-state index in [1.807, 2.05) is 30.3 Å². The highest BCUT2D eigenvalue weighted by Crippen LogP contribution is 2.23. The quantitative estimate of drug-likeness (QED) is 0.841. The third-order valence-corrected chi connectivity index (χ3v) is 2.86. The van der Waals surface area contributed by atoms with Crippen LogP contribution in [-0.4, -0.2) is 18.6 Å². The summed E-state index contributed by atoms with van der Waals surface area (Å²) in [7, 11) is 1.90. The van der Waals surface area contributed by atoms with E-state index >= 15 is 0 Å². The molecule has 0 saturated carbocycles. The number of nitrogens with zero attached hydrogens (tertiary/aromatic N) is 2. The molecule has 0 bridgehead atoms. The summed E-state index contributed by atoms with van der Waals surface area (Å²) in [6.07, 6.45) is 4.43. The lowest BCUT2D eigenvalue weighted by molar-refractivity contribution is 0.627. The third kappa shape index (κ3) is 2.97. The molecule has 0 radical (unpaired) electrons. The molecular weight excluding hydrogens is 229 g/mol. The van der Waals surface area contributed by atoms with Gasteiger partial charge in [0.05, 0.1) is 11.4 Å². The van der Waals surface area contributed by atoms with Gasteiger partial charge in [-0.15, -0.1) is 0 Å². The molecule has 1 heterocycles. The number of likely N-dealkylation sites (N-methyl/N-ethyl adjacent to an activating group) is 1. The van der Waals surface area contributed by atoms with Gasteiger partial charge >= 0.3 is 0 Å². The number of hydrogen-bond acceptors (Lipinski definition) is 3. The van der Waals surface area contributed by atoms with Crippen molar-refractivity contribution in [2.24, 2.45) is 0 Å². The number of nitrogens with two attached hydrogens (primary N) is 1. The lowest BCUT2D eigenvalue weighted by Crippen LogP contribution is -2.21. The molecule has 0 fully saturated rings. The van der Waals surface area contributed by atoms with Crippen LogP contribution in [0, 0.1) is 5.82 Å². The molecule has 1 aromatic heterocycles. The largest absolute Gasteiger partial charge is 0.397 e. The topological polar surface area (TPSA) is 42.2 Å². The molecule has 4 heteroatoms. The van der Waals surface area contributed by atoms with Crippen LogP contribution >= 0.6 is 0 Å². The Morgan fingerprint density at radius 1 is 1.33 bits per heavy atom. The zero-order valence-corrected chi connectivity index (χ0v) is 10.3. The lowest BCUT2D eigenvalue weighted by atomic mass is 10.2. The van der Waals surface area contributed by atoms with E-state index in [-0.39, 0.29) is 5.82 Å². The van der Waals surface area contributed by atoms with Gasteiger partial charge in [0.15, 0.2) is 0 Å². The minimum absolute atomic E-state index is 0.271. The Hall–Kier alpha value is -2.10. The van der Waals surface area contributed by atoms with Gasteiger partial charge in [-0.1, -0.05) is 6.07 Å². The lowest BCUT2D eigenvalue weighted by Gasteiger charge is -2.21. The van der Waals surface area contributed by atoms with Crippen LogP contribution in [0.3, 0.4) is 0 Å². The van der Waals surface area contributed by atoms with Crippen LogP contribution in [0.2, 0.25) is 0 Å². The van der Waals surface area contributed by atoms with Gasteiger partial charge in [0.1, 0.15) is 5.82 Å². The predicted molar refractivity (Wildman–Crippen MR) is 72.0 cm³/mol. The first-order chi connectivity index (χ1) is 8.66. The summed E-state index contributed by atoms with van der Waals surface area (Å²) in [5, 5.41) is 0. The van der Waals surface area contributed by atoms with Crippen molar-refractivity contribution >= 4 is 11.4 Å². The maximum Gasteiger partial charge on any atom is 0.125 e. The fourth-order valence-corrected chi connectivity index (χ4v) is 1.81. The van der Waals surface area contributed by atoms with Crippen LogP contribution in [0.5, 0.6) is 0 Å². The Kier molecular flexibility index (Phi) is 3.77. The zero-order valence-electron chi connectivity index (χ0n) is 10.3. The van der Waals surface area contributed by atoms with Gasteiger partial charge in [0.25, 0.3) is 0 Å². The van der Waals surface area contributed by atoms with E-state index in [0.717, 1.165) is 24.2 Å². The summed E-state index contributed by atoms with van der Waals surface area (Å²) in [5.41, 5.74) is 8.30. The average molecular weight is 245 g/mol. The number of nitrogen functional groups attached to an aromatic ring is 1. The Balaban J connectivity index is 2.03. The second kappa shape index (κ2) is 5.49. The Bertz CT molecular complexity index is 514. The standard InChI is InChI=1S/C14H16FN3/c1-18(8-6-11-3-2-7-17-10-11)14-9-12(15)4-5-13(14)16/h2-5,7,9-10H,6,8,16H2,1H3. The summed E-state index contributed by atoms with van der Waals surface area (Å²) in [4.78, 5) is 6.01. The first-order valence-electron chi connectivity index (χ1n) is 5.82. The molecule has 3 nitrogen and oxygen atoms in total. The van der Waals surface area contributed by atoms with Gasteiger partial charge in [-0.3, -0.25) is 4.98 Å². The van der Waals surface area contributed by atoms with E-state index in [0.29, 0.717) is 5.69 Å². The molecule has 94 valence electrons. The first kappa shape index (κ1) is 12.4. The minimum atomic E-state index is -0.271. The van der Waals surface area contributed by atoms with E-state index in [1.54, 1.807) is 12.3 Å². The van der Waals surface area contributed by atoms with Crippen molar-refractivity contribution in [2.45, 2.75) is 6.42 Å². The van der Waals surface area contributed by atoms with E-state index in [2.05, 4.69) is 4.98 Å². The van der Waals surface area contributed by atoms with E-state index in [1.165, 1.54) is 12.1 Å². The maximum absolute atomic E-state index is 13.2. The van der Waals surface area contributed by atoms with E-state index in [9.17, 15) is 4.39 Å². The van der Waals surface area contributed by atoms with Crippen molar-refractivity contribution in [3.05, 3.63) is 54.1 Å². The number of rotatable bonds is 4. The van der Waals surface area contributed by atoms with Crippen LogP contribution in [-0.2, 0) is 6.42 Å². The van der Waals surface area contributed by atoms with Crippen molar-refractivity contribution in [3.63, 3.8) is 0 Å². The summed E-state index contributed by atoms with van der Waals surface area (Å²) in [6, 6.07) is 8.35. The highest BCUT2D eigenvalue weighted by Gasteiger charge is 2.06. The molecule has 2 N–H and O–H groups in total. The number of aromatic nitrogens is 1. The zero-order chi connectivity index (χ0) is 13.0. The van der Waals surface area contributed by atoms with Gasteiger partial charge in [0, 0.05) is 26.0 Å². The second-order valence-electron chi connectivity index (χ2n) is 4.24. The number of benzene rings is 1. The highest BCUT2D eigenvalue weighted by atomic mass is 19.1. The Morgan fingerprint density at radius 2 is 2.17 bits per heavy atom. The first-order valence-corrected chi connectivity index (χ1v) is 5.82. The van der Waals surface area contributed by atoms with Gasteiger partial charge < -0.3 is 10.6 Å². The Labute approximate surface area is 106 Å². The molecule has 2 aromatic rings. The number of anilines is 2. The van der Waals surface area contributed by atoms with Crippen molar-refractivity contribution in [1.82, 2.24) is 4.98 Å². The number of hydrogen-bond donors (Lipinski definition) is 1. The van der Waals surface area contributed by atoms with Gasteiger partial charge in [0.2, 0.25) is 0 Å². The molecule has 0 aliphatic rings. The van der Waals surface area contributed by atoms with Crippen molar-refractivity contribution in [3.8, 4) is 0 Å². The van der Waals surface area contributed by atoms with E-state index in [4.69, 9.17) is 5.73 Å². The predicted octanol–water partition coefficient (Wildman–Crippen LogP) is 2.48. The van der Waals surface area contributed by atoms with E-state index < -0.39 is 0 Å². The van der Waals surface area contributed by atoms with Crippen LogP contribution in [0.4, 0.5) is 15.8 Å². The van der Waals surface area contributed by atoms with Crippen LogP contribution < -0.4 is 10.6 Å². The van der Waals surface area contributed by atoms with Crippen molar-refractivity contribution in [2.75, 3.05) is 24.2 Å². The second-order valence-corrected chi connectivity index (χ2v) is 4.24. The SMILES string of the molecule is CN(CCc1cccnc1)c1cc(F)ccc1N. The molecule has 2 rings (SSSR count). The molecule has 0 aliphatic carbocycles.